The first-order chi connectivity index (χ1) is 10.6. The zero-order valence-electron chi connectivity index (χ0n) is 12.9. The maximum absolute atomic E-state index is 12.0. The molecule has 1 aromatic carbocycles. The smallest absolute Gasteiger partial charge is 0.337 e. The van der Waals surface area contributed by atoms with Gasteiger partial charge in [0.25, 0.3) is 0 Å². The Balaban J connectivity index is 2.29. The minimum absolute atomic E-state index is 0.332. The van der Waals surface area contributed by atoms with Gasteiger partial charge in [-0.1, -0.05) is 19.1 Å². The molecule has 0 radical (unpaired) electrons. The number of carbonyl (C=O) groups is 1. The van der Waals surface area contributed by atoms with Crippen LogP contribution in [0.15, 0.2) is 35.5 Å². The van der Waals surface area contributed by atoms with Gasteiger partial charge in [-0.3, -0.25) is 0 Å². The number of nitrogens with one attached hydrogen (secondary N) is 2. The molecule has 1 heterocycles. The van der Waals surface area contributed by atoms with Gasteiger partial charge in [-0.15, -0.1) is 0 Å². The average molecular weight is 320 g/mol. The molecule has 0 saturated carbocycles. The first kappa shape index (κ1) is 16.3. The predicted molar refractivity (Wildman–Crippen MR) is 88.6 cm³/mol. The summed E-state index contributed by atoms with van der Waals surface area (Å²) in [6, 6.07) is 7.30. The summed E-state index contributed by atoms with van der Waals surface area (Å²) in [6.07, 6.45) is 0.959. The van der Waals surface area contributed by atoms with Crippen LogP contribution < -0.4 is 15.4 Å². The van der Waals surface area contributed by atoms with Crippen molar-refractivity contribution in [2.75, 3.05) is 13.7 Å². The lowest BCUT2D eigenvalue weighted by molar-refractivity contribution is -0.136. The molecule has 2 rings (SSSR count). The number of allylic oxidation sites excluding steroid dienone is 1. The minimum atomic E-state index is -0.378. The Morgan fingerprint density at radius 3 is 2.59 bits per heavy atom. The lowest BCUT2D eigenvalue weighted by Crippen LogP contribution is -2.45. The standard InChI is InChI=1S/C16H20N2O3S/c1-4-9-21-12-7-5-11(6-8-12)14-13(15(19)20-3)10(2)17-16(22)18-14/h5-8,14H,4,9H2,1-3H3,(H2,17,18,22). The SMILES string of the molecule is CCCOc1ccc(C2NC(=S)NC(C)=C2C(=O)OC)cc1. The quantitative estimate of drug-likeness (QED) is 0.642. The molecule has 1 unspecified atom stereocenters. The van der Waals surface area contributed by atoms with Gasteiger partial charge in [-0.25, -0.2) is 4.79 Å². The van der Waals surface area contributed by atoms with Crippen molar-refractivity contribution in [1.82, 2.24) is 10.6 Å². The Kier molecular flexibility index (Phi) is 5.38. The van der Waals surface area contributed by atoms with Crippen LogP contribution in [0.25, 0.3) is 0 Å². The summed E-state index contributed by atoms with van der Waals surface area (Å²) in [7, 11) is 1.37. The van der Waals surface area contributed by atoms with Gasteiger partial charge in [0.05, 0.1) is 25.3 Å². The van der Waals surface area contributed by atoms with Gasteiger partial charge in [-0.2, -0.15) is 0 Å². The zero-order valence-corrected chi connectivity index (χ0v) is 13.8. The fourth-order valence-corrected chi connectivity index (χ4v) is 2.57. The molecule has 0 fully saturated rings. The lowest BCUT2D eigenvalue weighted by atomic mass is 9.95. The molecule has 22 heavy (non-hydrogen) atoms. The van der Waals surface area contributed by atoms with Crippen molar-refractivity contribution < 1.29 is 14.3 Å². The number of benzene rings is 1. The Morgan fingerprint density at radius 1 is 1.32 bits per heavy atom. The van der Waals surface area contributed by atoms with Gasteiger partial charge < -0.3 is 20.1 Å². The molecule has 1 aliphatic heterocycles. The monoisotopic (exact) mass is 320 g/mol. The second-order valence-corrected chi connectivity index (χ2v) is 5.39. The summed E-state index contributed by atoms with van der Waals surface area (Å²) in [5.41, 5.74) is 2.15. The summed E-state index contributed by atoms with van der Waals surface area (Å²) in [4.78, 5) is 12.0. The summed E-state index contributed by atoms with van der Waals surface area (Å²) in [6.45, 7) is 4.55. The van der Waals surface area contributed by atoms with Crippen LogP contribution in [0.3, 0.4) is 0 Å². The molecule has 2 N–H and O–H groups in total. The number of esters is 1. The van der Waals surface area contributed by atoms with Crippen LogP contribution >= 0.6 is 12.2 Å². The molecule has 0 saturated heterocycles. The van der Waals surface area contributed by atoms with Crippen molar-refractivity contribution in [3.05, 3.63) is 41.1 Å². The third-order valence-electron chi connectivity index (χ3n) is 3.36. The van der Waals surface area contributed by atoms with Crippen LogP contribution in [0.4, 0.5) is 0 Å². The summed E-state index contributed by atoms with van der Waals surface area (Å²) in [5, 5.41) is 6.56. The van der Waals surface area contributed by atoms with Crippen LogP contribution in [0, 0.1) is 0 Å². The highest BCUT2D eigenvalue weighted by atomic mass is 32.1. The highest BCUT2D eigenvalue weighted by Crippen LogP contribution is 2.28. The first-order valence-corrected chi connectivity index (χ1v) is 7.57. The van der Waals surface area contributed by atoms with Gasteiger partial charge in [0, 0.05) is 5.70 Å². The largest absolute Gasteiger partial charge is 0.494 e. The number of ether oxygens (including phenoxy) is 2. The topological polar surface area (TPSA) is 59.6 Å². The molecule has 5 nitrogen and oxygen atoms in total. The second kappa shape index (κ2) is 7.26. The van der Waals surface area contributed by atoms with Gasteiger partial charge >= 0.3 is 5.97 Å². The Bertz CT molecular complexity index is 596. The van der Waals surface area contributed by atoms with Gasteiger partial charge in [0.1, 0.15) is 5.75 Å². The van der Waals surface area contributed by atoms with E-state index in [9.17, 15) is 4.79 Å². The van der Waals surface area contributed by atoms with E-state index in [1.165, 1.54) is 7.11 Å². The molecule has 1 aliphatic rings. The van der Waals surface area contributed by atoms with Crippen LogP contribution in [0.1, 0.15) is 31.9 Å². The summed E-state index contributed by atoms with van der Waals surface area (Å²) in [5.74, 6) is 0.429. The van der Waals surface area contributed by atoms with E-state index in [2.05, 4.69) is 17.6 Å². The molecule has 0 aliphatic carbocycles. The van der Waals surface area contributed by atoms with Crippen molar-refractivity contribution in [2.45, 2.75) is 26.3 Å². The highest BCUT2D eigenvalue weighted by Gasteiger charge is 2.30. The normalized spacial score (nSPS) is 17.6. The summed E-state index contributed by atoms with van der Waals surface area (Å²) < 4.78 is 10.5. The molecule has 0 amide bonds. The van der Waals surface area contributed by atoms with E-state index in [-0.39, 0.29) is 12.0 Å². The lowest BCUT2D eigenvalue weighted by Gasteiger charge is -2.29. The molecule has 0 spiro atoms. The van der Waals surface area contributed by atoms with E-state index in [1.807, 2.05) is 31.2 Å². The van der Waals surface area contributed by atoms with E-state index in [0.717, 1.165) is 17.7 Å². The number of thiocarbonyl (C=S) groups is 1. The number of rotatable bonds is 5. The Hall–Kier alpha value is -2.08. The van der Waals surface area contributed by atoms with E-state index >= 15 is 0 Å². The van der Waals surface area contributed by atoms with E-state index in [0.29, 0.717) is 23.0 Å². The Labute approximate surface area is 135 Å². The highest BCUT2D eigenvalue weighted by molar-refractivity contribution is 7.80. The maximum Gasteiger partial charge on any atom is 0.337 e. The molecular weight excluding hydrogens is 300 g/mol. The fraction of sp³-hybridized carbons (Fsp3) is 0.375. The average Bonchev–Trinajstić information content (AvgIpc) is 2.52. The van der Waals surface area contributed by atoms with Crippen LogP contribution in [0.2, 0.25) is 0 Å². The van der Waals surface area contributed by atoms with Crippen molar-refractivity contribution in [3.63, 3.8) is 0 Å². The van der Waals surface area contributed by atoms with Gasteiger partial charge in [0.15, 0.2) is 5.11 Å². The van der Waals surface area contributed by atoms with Crippen LogP contribution in [-0.4, -0.2) is 24.8 Å². The summed E-state index contributed by atoms with van der Waals surface area (Å²) >= 11 is 5.19. The number of hydrogen-bond donors (Lipinski definition) is 2. The van der Waals surface area contributed by atoms with Crippen molar-refractivity contribution in [1.29, 1.82) is 0 Å². The van der Waals surface area contributed by atoms with Gasteiger partial charge in [0.2, 0.25) is 0 Å². The predicted octanol–water partition coefficient (Wildman–Crippen LogP) is 2.44. The minimum Gasteiger partial charge on any atom is -0.494 e. The van der Waals surface area contributed by atoms with Crippen LogP contribution in [-0.2, 0) is 9.53 Å². The second-order valence-electron chi connectivity index (χ2n) is 4.98. The molecule has 118 valence electrons. The third-order valence-corrected chi connectivity index (χ3v) is 3.58. The molecule has 1 aromatic rings. The van der Waals surface area contributed by atoms with Gasteiger partial charge in [-0.05, 0) is 43.3 Å². The molecule has 0 bridgehead atoms. The fourth-order valence-electron chi connectivity index (χ4n) is 2.30. The molecule has 6 heteroatoms. The van der Waals surface area contributed by atoms with Crippen molar-refractivity contribution in [3.8, 4) is 5.75 Å². The number of hydrogen-bond acceptors (Lipinski definition) is 4. The zero-order chi connectivity index (χ0) is 16.1. The third kappa shape index (κ3) is 3.57. The van der Waals surface area contributed by atoms with Crippen LogP contribution in [0.5, 0.6) is 5.75 Å². The first-order valence-electron chi connectivity index (χ1n) is 7.16. The molecular formula is C16H20N2O3S. The maximum atomic E-state index is 12.0. The van der Waals surface area contributed by atoms with Crippen molar-refractivity contribution in [2.24, 2.45) is 0 Å². The molecule has 0 aromatic heterocycles. The molecule has 1 atom stereocenters. The van der Waals surface area contributed by atoms with E-state index < -0.39 is 0 Å². The number of methoxy groups -OCH3 is 1. The van der Waals surface area contributed by atoms with E-state index in [4.69, 9.17) is 21.7 Å². The van der Waals surface area contributed by atoms with E-state index in [1.54, 1.807) is 0 Å². The Morgan fingerprint density at radius 2 is 2.00 bits per heavy atom. The van der Waals surface area contributed by atoms with Crippen molar-refractivity contribution >= 4 is 23.3 Å². The number of carbonyl (C=O) groups excluding carboxylic acids is 1.